The zero-order chi connectivity index (χ0) is 17.0. The molecule has 0 bridgehead atoms. The highest BCUT2D eigenvalue weighted by atomic mass is 79.9. The van der Waals surface area contributed by atoms with Crippen molar-refractivity contribution in [2.45, 2.75) is 20.1 Å². The summed E-state index contributed by atoms with van der Waals surface area (Å²) in [5.41, 5.74) is 1.69. The second kappa shape index (κ2) is 7.43. The molecule has 2 aromatic rings. The Hall–Kier alpha value is -2.12. The highest BCUT2D eigenvalue weighted by molar-refractivity contribution is 9.10. The van der Waals surface area contributed by atoms with Crippen LogP contribution in [0.25, 0.3) is 0 Å². The Labute approximate surface area is 142 Å². The first-order valence-electron chi connectivity index (χ1n) is 6.97. The van der Waals surface area contributed by atoms with E-state index in [1.165, 1.54) is 19.2 Å². The number of aryl methyl sites for hydroxylation is 1. The lowest BCUT2D eigenvalue weighted by Crippen LogP contribution is -2.17. The van der Waals surface area contributed by atoms with E-state index in [9.17, 15) is 14.7 Å². The quantitative estimate of drug-likeness (QED) is 0.804. The van der Waals surface area contributed by atoms with Crippen LogP contribution in [-0.4, -0.2) is 28.7 Å². The van der Waals surface area contributed by atoms with Crippen molar-refractivity contribution in [3.05, 3.63) is 51.8 Å². The van der Waals surface area contributed by atoms with Crippen molar-refractivity contribution in [2.24, 2.45) is 0 Å². The minimum Gasteiger partial charge on any atom is -0.478 e. The van der Waals surface area contributed by atoms with E-state index in [2.05, 4.69) is 21.2 Å². The van der Waals surface area contributed by atoms with Gasteiger partial charge in [-0.05, 0) is 52.7 Å². The number of carboxylic acids is 1. The van der Waals surface area contributed by atoms with Crippen LogP contribution in [0.4, 0.5) is 5.69 Å². The van der Waals surface area contributed by atoms with Gasteiger partial charge in [-0.1, -0.05) is 0 Å². The predicted molar refractivity (Wildman–Crippen MR) is 89.9 cm³/mol. The van der Waals surface area contributed by atoms with E-state index >= 15 is 0 Å². The number of methoxy groups -OCH3 is 1. The Morgan fingerprint density at radius 1 is 1.30 bits per heavy atom. The van der Waals surface area contributed by atoms with Gasteiger partial charge in [0.15, 0.2) is 0 Å². The monoisotopic (exact) mass is 380 g/mol. The Morgan fingerprint density at radius 2 is 2.04 bits per heavy atom. The normalized spacial score (nSPS) is 10.6. The number of aromatic carboxylic acids is 1. The number of hydrogen-bond donors (Lipinski definition) is 2. The molecule has 1 amide bonds. The number of carbonyl (C=O) groups excluding carboxylic acids is 1. The van der Waals surface area contributed by atoms with Crippen LogP contribution in [0.3, 0.4) is 0 Å². The summed E-state index contributed by atoms with van der Waals surface area (Å²) in [6, 6.07) is 6.36. The zero-order valence-corrected chi connectivity index (χ0v) is 14.4. The molecule has 6 nitrogen and oxygen atoms in total. The Morgan fingerprint density at radius 3 is 2.65 bits per heavy atom. The summed E-state index contributed by atoms with van der Waals surface area (Å²) < 4.78 is 7.64. The second-order valence-electron chi connectivity index (χ2n) is 4.94. The van der Waals surface area contributed by atoms with Gasteiger partial charge in [0.25, 0.3) is 5.91 Å². The van der Waals surface area contributed by atoms with E-state index in [1.807, 2.05) is 13.1 Å². The van der Waals surface area contributed by atoms with Gasteiger partial charge in [-0.3, -0.25) is 4.79 Å². The van der Waals surface area contributed by atoms with Crippen molar-refractivity contribution >= 4 is 33.5 Å². The maximum atomic E-state index is 12.4. The lowest BCUT2D eigenvalue weighted by Gasteiger charge is -2.10. The lowest BCUT2D eigenvalue weighted by molar-refractivity contribution is 0.0696. The Bertz CT molecular complexity index is 740. The molecule has 0 spiro atoms. The molecule has 122 valence electrons. The topological polar surface area (TPSA) is 80.6 Å². The molecule has 7 heteroatoms. The lowest BCUT2D eigenvalue weighted by atomic mass is 10.1. The molecule has 1 aromatic heterocycles. The number of carboxylic acid groups (broad SMARTS) is 1. The summed E-state index contributed by atoms with van der Waals surface area (Å²) in [4.78, 5) is 23.6. The SMILES string of the molecule is CCn1cc(Br)cc1C(=O)Nc1cc(COC)cc(C(=O)O)c1. The van der Waals surface area contributed by atoms with Crippen LogP contribution in [0.1, 0.15) is 33.3 Å². The number of benzene rings is 1. The van der Waals surface area contributed by atoms with Crippen molar-refractivity contribution < 1.29 is 19.4 Å². The van der Waals surface area contributed by atoms with Crippen LogP contribution < -0.4 is 5.32 Å². The molecule has 0 saturated carbocycles. The number of aromatic nitrogens is 1. The second-order valence-corrected chi connectivity index (χ2v) is 5.86. The Balaban J connectivity index is 2.31. The maximum absolute atomic E-state index is 12.4. The van der Waals surface area contributed by atoms with Gasteiger partial charge in [0.2, 0.25) is 0 Å². The Kier molecular flexibility index (Phi) is 5.57. The molecule has 2 N–H and O–H groups in total. The number of carbonyl (C=O) groups is 2. The van der Waals surface area contributed by atoms with Crippen LogP contribution in [0.2, 0.25) is 0 Å². The van der Waals surface area contributed by atoms with Crippen LogP contribution in [0, 0.1) is 0 Å². The summed E-state index contributed by atoms with van der Waals surface area (Å²) in [6.07, 6.45) is 1.82. The average molecular weight is 381 g/mol. The number of nitrogens with one attached hydrogen (secondary N) is 1. The number of halogens is 1. The van der Waals surface area contributed by atoms with E-state index in [0.29, 0.717) is 23.5 Å². The van der Waals surface area contributed by atoms with E-state index in [0.717, 1.165) is 4.47 Å². The van der Waals surface area contributed by atoms with Crippen molar-refractivity contribution in [3.63, 3.8) is 0 Å². The van der Waals surface area contributed by atoms with Gasteiger partial charge in [0.05, 0.1) is 12.2 Å². The molecule has 0 radical (unpaired) electrons. The van der Waals surface area contributed by atoms with Gasteiger partial charge in [0.1, 0.15) is 5.69 Å². The van der Waals surface area contributed by atoms with Crippen LogP contribution in [0.15, 0.2) is 34.9 Å². The number of ether oxygens (including phenoxy) is 1. The van der Waals surface area contributed by atoms with Gasteiger partial charge in [-0.2, -0.15) is 0 Å². The van der Waals surface area contributed by atoms with Crippen LogP contribution in [-0.2, 0) is 17.9 Å². The summed E-state index contributed by atoms with van der Waals surface area (Å²) in [5.74, 6) is -1.36. The fraction of sp³-hybridized carbons (Fsp3) is 0.250. The molecule has 0 atom stereocenters. The molecule has 0 unspecified atom stereocenters. The molecule has 1 heterocycles. The van der Waals surface area contributed by atoms with Crippen LogP contribution >= 0.6 is 15.9 Å². The molecule has 0 aliphatic rings. The minimum atomic E-state index is -1.06. The van der Waals surface area contributed by atoms with Crippen LogP contribution in [0.5, 0.6) is 0 Å². The van der Waals surface area contributed by atoms with Crippen molar-refractivity contribution in [1.82, 2.24) is 4.57 Å². The molecule has 0 aliphatic carbocycles. The van der Waals surface area contributed by atoms with Gasteiger partial charge < -0.3 is 19.7 Å². The smallest absolute Gasteiger partial charge is 0.335 e. The first-order valence-corrected chi connectivity index (χ1v) is 7.77. The van der Waals surface area contributed by atoms with E-state index < -0.39 is 5.97 Å². The predicted octanol–water partition coefficient (Wildman–Crippen LogP) is 3.37. The number of amides is 1. The van der Waals surface area contributed by atoms with Gasteiger partial charge in [-0.15, -0.1) is 0 Å². The first kappa shape index (κ1) is 17.2. The van der Waals surface area contributed by atoms with Gasteiger partial charge in [-0.25, -0.2) is 4.79 Å². The molecule has 1 aromatic carbocycles. The van der Waals surface area contributed by atoms with E-state index in [-0.39, 0.29) is 18.1 Å². The van der Waals surface area contributed by atoms with E-state index in [4.69, 9.17) is 4.74 Å². The maximum Gasteiger partial charge on any atom is 0.335 e. The molecule has 23 heavy (non-hydrogen) atoms. The number of anilines is 1. The standard InChI is InChI=1S/C16H17BrN2O4/c1-3-19-8-12(17)7-14(19)15(20)18-13-5-10(9-23-2)4-11(6-13)16(21)22/h4-8H,3,9H2,1-2H3,(H,18,20)(H,21,22). The number of rotatable bonds is 6. The highest BCUT2D eigenvalue weighted by Gasteiger charge is 2.14. The third kappa shape index (κ3) is 4.20. The molecule has 0 fully saturated rings. The van der Waals surface area contributed by atoms with Crippen molar-refractivity contribution in [3.8, 4) is 0 Å². The zero-order valence-electron chi connectivity index (χ0n) is 12.8. The highest BCUT2D eigenvalue weighted by Crippen LogP contribution is 2.19. The third-order valence-corrected chi connectivity index (χ3v) is 3.68. The molecular weight excluding hydrogens is 364 g/mol. The van der Waals surface area contributed by atoms with Crippen molar-refractivity contribution in [2.75, 3.05) is 12.4 Å². The molecule has 0 saturated heterocycles. The summed E-state index contributed by atoms with van der Waals surface area (Å²) in [5, 5.41) is 11.9. The van der Waals surface area contributed by atoms with Gasteiger partial charge in [0, 0.05) is 30.0 Å². The minimum absolute atomic E-state index is 0.0990. The summed E-state index contributed by atoms with van der Waals surface area (Å²) in [6.45, 7) is 2.85. The van der Waals surface area contributed by atoms with Gasteiger partial charge >= 0.3 is 5.97 Å². The first-order chi connectivity index (χ1) is 10.9. The molecule has 0 aliphatic heterocycles. The third-order valence-electron chi connectivity index (χ3n) is 3.25. The van der Waals surface area contributed by atoms with E-state index in [1.54, 1.807) is 16.7 Å². The average Bonchev–Trinajstić information content (AvgIpc) is 2.88. The summed E-state index contributed by atoms with van der Waals surface area (Å²) in [7, 11) is 1.53. The fourth-order valence-corrected chi connectivity index (χ4v) is 2.72. The number of hydrogen-bond acceptors (Lipinski definition) is 3. The fourth-order valence-electron chi connectivity index (χ4n) is 2.26. The van der Waals surface area contributed by atoms with Crippen molar-refractivity contribution in [1.29, 1.82) is 0 Å². The molecule has 2 rings (SSSR count). The number of nitrogens with zero attached hydrogens (tertiary/aromatic N) is 1. The molecular formula is C16H17BrN2O4. The largest absolute Gasteiger partial charge is 0.478 e. The summed E-state index contributed by atoms with van der Waals surface area (Å²) >= 11 is 3.35.